The smallest absolute Gasteiger partial charge is 0.275 e. The molecule has 0 aromatic heterocycles. The van der Waals surface area contributed by atoms with E-state index >= 15 is 0 Å². The molecule has 9 heavy (non-hydrogen) atoms. The molecule has 0 amide bonds. The Morgan fingerprint density at radius 2 is 2.56 bits per heavy atom. The van der Waals surface area contributed by atoms with Crippen LogP contribution < -0.4 is 0 Å². The van der Waals surface area contributed by atoms with E-state index < -0.39 is 0 Å². The highest BCUT2D eigenvalue weighted by Crippen LogP contribution is 2.14. The standard InChI is InChI=1S/C7H12O2/c1-3-4-7-8-5-6(2)9-7/h4,6H,3,5H2,1-2H3/b7-4+. The van der Waals surface area contributed by atoms with Crippen LogP contribution in [0.15, 0.2) is 12.0 Å². The van der Waals surface area contributed by atoms with Gasteiger partial charge in [-0.15, -0.1) is 0 Å². The summed E-state index contributed by atoms with van der Waals surface area (Å²) in [5.41, 5.74) is 0. The van der Waals surface area contributed by atoms with Crippen LogP contribution in [-0.2, 0) is 9.47 Å². The van der Waals surface area contributed by atoms with Gasteiger partial charge in [0.15, 0.2) is 0 Å². The predicted octanol–water partition coefficient (Wildman–Crippen LogP) is 1.67. The van der Waals surface area contributed by atoms with Crippen LogP contribution >= 0.6 is 0 Å². The fourth-order valence-corrected chi connectivity index (χ4v) is 0.740. The number of rotatable bonds is 1. The minimum Gasteiger partial charge on any atom is -0.462 e. The van der Waals surface area contributed by atoms with Gasteiger partial charge in [0.2, 0.25) is 0 Å². The maximum Gasteiger partial charge on any atom is 0.275 e. The molecule has 0 aromatic carbocycles. The fraction of sp³-hybridized carbons (Fsp3) is 0.714. The van der Waals surface area contributed by atoms with Gasteiger partial charge in [0, 0.05) is 0 Å². The van der Waals surface area contributed by atoms with Gasteiger partial charge >= 0.3 is 0 Å². The molecular formula is C7H12O2. The molecule has 52 valence electrons. The number of allylic oxidation sites excluding steroid dienone is 1. The summed E-state index contributed by atoms with van der Waals surface area (Å²) in [6.45, 7) is 4.76. The normalized spacial score (nSPS) is 30.0. The van der Waals surface area contributed by atoms with E-state index in [4.69, 9.17) is 9.47 Å². The van der Waals surface area contributed by atoms with E-state index in [9.17, 15) is 0 Å². The molecule has 1 aliphatic rings. The van der Waals surface area contributed by atoms with Gasteiger partial charge in [0.1, 0.15) is 12.7 Å². The van der Waals surface area contributed by atoms with Crippen molar-refractivity contribution >= 4 is 0 Å². The van der Waals surface area contributed by atoms with Crippen LogP contribution in [0.3, 0.4) is 0 Å². The molecule has 0 aromatic rings. The van der Waals surface area contributed by atoms with E-state index in [0.717, 1.165) is 6.42 Å². The first-order chi connectivity index (χ1) is 4.33. The highest BCUT2D eigenvalue weighted by atomic mass is 16.7. The van der Waals surface area contributed by atoms with Crippen LogP contribution in [0.1, 0.15) is 20.3 Å². The Hall–Kier alpha value is -0.660. The summed E-state index contributed by atoms with van der Waals surface area (Å²) in [6, 6.07) is 0. The molecule has 1 fully saturated rings. The summed E-state index contributed by atoms with van der Waals surface area (Å²) in [7, 11) is 0. The van der Waals surface area contributed by atoms with Gasteiger partial charge in [-0.25, -0.2) is 0 Å². The molecule has 1 unspecified atom stereocenters. The monoisotopic (exact) mass is 128 g/mol. The van der Waals surface area contributed by atoms with Crippen molar-refractivity contribution in [3.05, 3.63) is 12.0 Å². The summed E-state index contributed by atoms with van der Waals surface area (Å²) >= 11 is 0. The zero-order valence-electron chi connectivity index (χ0n) is 5.89. The average molecular weight is 128 g/mol. The van der Waals surface area contributed by atoms with E-state index in [2.05, 4.69) is 6.92 Å². The molecule has 0 bridgehead atoms. The number of ether oxygens (including phenoxy) is 2. The quantitative estimate of drug-likeness (QED) is 0.534. The zero-order chi connectivity index (χ0) is 6.69. The third-order valence-electron chi connectivity index (χ3n) is 1.15. The number of hydrogen-bond donors (Lipinski definition) is 0. The van der Waals surface area contributed by atoms with Crippen molar-refractivity contribution in [2.75, 3.05) is 6.61 Å². The van der Waals surface area contributed by atoms with E-state index in [1.165, 1.54) is 0 Å². The van der Waals surface area contributed by atoms with Crippen LogP contribution in [0.4, 0.5) is 0 Å². The minimum atomic E-state index is 0.239. The lowest BCUT2D eigenvalue weighted by Crippen LogP contribution is -2.00. The molecule has 1 atom stereocenters. The van der Waals surface area contributed by atoms with Crippen molar-refractivity contribution in [3.8, 4) is 0 Å². The third kappa shape index (κ3) is 1.63. The highest BCUT2D eigenvalue weighted by molar-refractivity contribution is 4.87. The van der Waals surface area contributed by atoms with Crippen LogP contribution in [0.2, 0.25) is 0 Å². The Morgan fingerprint density at radius 3 is 3.00 bits per heavy atom. The minimum absolute atomic E-state index is 0.239. The summed E-state index contributed by atoms with van der Waals surface area (Å²) in [6.07, 6.45) is 3.16. The van der Waals surface area contributed by atoms with Gasteiger partial charge in [0.05, 0.1) is 0 Å². The maximum atomic E-state index is 5.24. The first kappa shape index (κ1) is 6.46. The molecule has 1 heterocycles. The summed E-state index contributed by atoms with van der Waals surface area (Å²) < 4.78 is 10.4. The second-order valence-electron chi connectivity index (χ2n) is 2.17. The SMILES string of the molecule is CC/C=C1\OCC(C)O1. The van der Waals surface area contributed by atoms with Crippen LogP contribution in [-0.4, -0.2) is 12.7 Å². The van der Waals surface area contributed by atoms with Crippen molar-refractivity contribution in [1.29, 1.82) is 0 Å². The van der Waals surface area contributed by atoms with E-state index in [0.29, 0.717) is 12.6 Å². The molecule has 1 aliphatic heterocycles. The van der Waals surface area contributed by atoms with Crippen LogP contribution in [0.5, 0.6) is 0 Å². The zero-order valence-corrected chi connectivity index (χ0v) is 5.89. The topological polar surface area (TPSA) is 18.5 Å². The molecule has 2 heteroatoms. The molecule has 1 saturated heterocycles. The van der Waals surface area contributed by atoms with Crippen molar-refractivity contribution in [1.82, 2.24) is 0 Å². The van der Waals surface area contributed by atoms with E-state index in [-0.39, 0.29) is 6.10 Å². The van der Waals surface area contributed by atoms with Gasteiger partial charge in [-0.05, 0) is 19.4 Å². The highest BCUT2D eigenvalue weighted by Gasteiger charge is 2.15. The van der Waals surface area contributed by atoms with Gasteiger partial charge in [-0.3, -0.25) is 0 Å². The molecule has 0 N–H and O–H groups in total. The largest absolute Gasteiger partial charge is 0.462 e. The molecule has 0 spiro atoms. The fourth-order valence-electron chi connectivity index (χ4n) is 0.740. The van der Waals surface area contributed by atoms with Gasteiger partial charge in [-0.1, -0.05) is 6.92 Å². The lowest BCUT2D eigenvalue weighted by Gasteiger charge is -1.96. The first-order valence-electron chi connectivity index (χ1n) is 3.32. The van der Waals surface area contributed by atoms with Crippen molar-refractivity contribution in [2.24, 2.45) is 0 Å². The Labute approximate surface area is 55.5 Å². The summed E-state index contributed by atoms with van der Waals surface area (Å²) in [4.78, 5) is 0. The summed E-state index contributed by atoms with van der Waals surface area (Å²) in [5, 5.41) is 0. The molecule has 2 nitrogen and oxygen atoms in total. The Kier molecular flexibility index (Phi) is 1.98. The molecule has 0 radical (unpaired) electrons. The molecular weight excluding hydrogens is 116 g/mol. The van der Waals surface area contributed by atoms with Gasteiger partial charge < -0.3 is 9.47 Å². The van der Waals surface area contributed by atoms with Crippen molar-refractivity contribution < 1.29 is 9.47 Å². The lowest BCUT2D eigenvalue weighted by molar-refractivity contribution is 0.149. The van der Waals surface area contributed by atoms with Gasteiger partial charge in [0.25, 0.3) is 5.95 Å². The second kappa shape index (κ2) is 2.76. The Bertz CT molecular complexity index is 118. The molecule has 0 saturated carbocycles. The second-order valence-corrected chi connectivity index (χ2v) is 2.17. The summed E-state index contributed by atoms with van der Waals surface area (Å²) in [5.74, 6) is 0.699. The van der Waals surface area contributed by atoms with Crippen molar-refractivity contribution in [3.63, 3.8) is 0 Å². The van der Waals surface area contributed by atoms with Crippen LogP contribution in [0.25, 0.3) is 0 Å². The number of hydrogen-bond acceptors (Lipinski definition) is 2. The Morgan fingerprint density at radius 1 is 1.78 bits per heavy atom. The van der Waals surface area contributed by atoms with Crippen molar-refractivity contribution in [2.45, 2.75) is 26.4 Å². The average Bonchev–Trinajstić information content (AvgIpc) is 2.17. The predicted molar refractivity (Wildman–Crippen MR) is 34.9 cm³/mol. The van der Waals surface area contributed by atoms with E-state index in [1.807, 2.05) is 13.0 Å². The lowest BCUT2D eigenvalue weighted by atomic mass is 10.4. The van der Waals surface area contributed by atoms with Crippen LogP contribution in [0, 0.1) is 0 Å². The van der Waals surface area contributed by atoms with E-state index in [1.54, 1.807) is 0 Å². The third-order valence-corrected chi connectivity index (χ3v) is 1.15. The molecule has 1 rings (SSSR count). The molecule has 0 aliphatic carbocycles. The maximum absolute atomic E-state index is 5.24. The van der Waals surface area contributed by atoms with Gasteiger partial charge in [-0.2, -0.15) is 0 Å². The Balaban J connectivity index is 2.38. The first-order valence-corrected chi connectivity index (χ1v) is 3.32.